The van der Waals surface area contributed by atoms with E-state index in [0.29, 0.717) is 6.04 Å². The van der Waals surface area contributed by atoms with Crippen LogP contribution in [0.3, 0.4) is 0 Å². The zero-order valence-corrected chi connectivity index (χ0v) is 10.5. The van der Waals surface area contributed by atoms with Crippen molar-refractivity contribution in [3.63, 3.8) is 0 Å². The third kappa shape index (κ3) is 2.65. The molecule has 0 unspecified atom stereocenters. The topological polar surface area (TPSA) is 89.4 Å². The summed E-state index contributed by atoms with van der Waals surface area (Å²) in [6.45, 7) is 4.06. The molecule has 0 spiro atoms. The van der Waals surface area contributed by atoms with Crippen LogP contribution in [0.5, 0.6) is 0 Å². The molecule has 1 rings (SSSR count). The molecule has 0 saturated carbocycles. The van der Waals surface area contributed by atoms with Gasteiger partial charge < -0.3 is 10.6 Å². The molecule has 1 aromatic rings. The first-order valence-electron chi connectivity index (χ1n) is 4.88. The lowest BCUT2D eigenvalue weighted by atomic mass is 10.2. The van der Waals surface area contributed by atoms with Crippen molar-refractivity contribution >= 4 is 21.4 Å². The summed E-state index contributed by atoms with van der Waals surface area (Å²) in [6, 6.07) is 5.04. The zero-order valence-electron chi connectivity index (χ0n) is 9.64. The number of benzene rings is 1. The average molecular weight is 243 g/mol. The molecule has 0 aliphatic carbocycles. The van der Waals surface area contributed by atoms with Gasteiger partial charge in [-0.1, -0.05) is 0 Å². The Balaban J connectivity index is 3.20. The van der Waals surface area contributed by atoms with Gasteiger partial charge in [0.15, 0.2) is 0 Å². The largest absolute Gasteiger partial charge is 0.398 e. The summed E-state index contributed by atoms with van der Waals surface area (Å²) >= 11 is 0. The highest BCUT2D eigenvalue weighted by molar-refractivity contribution is 7.89. The summed E-state index contributed by atoms with van der Waals surface area (Å²) in [6.07, 6.45) is 0. The Morgan fingerprint density at radius 1 is 1.31 bits per heavy atom. The quantitative estimate of drug-likeness (QED) is 0.767. The van der Waals surface area contributed by atoms with Crippen molar-refractivity contribution in [2.45, 2.75) is 24.8 Å². The maximum Gasteiger partial charge on any atom is 0.240 e. The van der Waals surface area contributed by atoms with E-state index < -0.39 is 10.0 Å². The lowest BCUT2D eigenvalue weighted by Crippen LogP contribution is -2.26. The fourth-order valence-corrected chi connectivity index (χ4v) is 1.96. The molecule has 0 heterocycles. The molecule has 0 fully saturated rings. The molecule has 90 valence electrons. The number of nitrogens with zero attached hydrogens (tertiary/aromatic N) is 1. The fraction of sp³-hybridized carbons (Fsp3) is 0.400. The Hall–Kier alpha value is -1.27. The standard InChI is InChI=1S/C10H17N3O2S/c1-7(2)13(3)8-4-5-10(9(11)6-8)16(12,14)15/h4-7H,11H2,1-3H3,(H2,12,14,15). The van der Waals surface area contributed by atoms with E-state index in [1.165, 1.54) is 6.07 Å². The predicted octanol–water partition coefficient (Wildman–Crippen LogP) is 0.761. The van der Waals surface area contributed by atoms with Crippen LogP contribution in [0.15, 0.2) is 23.1 Å². The number of hydrogen-bond acceptors (Lipinski definition) is 4. The van der Waals surface area contributed by atoms with Crippen molar-refractivity contribution < 1.29 is 8.42 Å². The number of hydrogen-bond donors (Lipinski definition) is 2. The van der Waals surface area contributed by atoms with Crippen LogP contribution in [-0.4, -0.2) is 21.5 Å². The Morgan fingerprint density at radius 2 is 1.88 bits per heavy atom. The maximum absolute atomic E-state index is 11.2. The highest BCUT2D eigenvalue weighted by Crippen LogP contribution is 2.24. The molecule has 4 N–H and O–H groups in total. The number of anilines is 2. The van der Waals surface area contributed by atoms with E-state index in [0.717, 1.165) is 5.69 Å². The summed E-state index contributed by atoms with van der Waals surface area (Å²) in [7, 11) is -1.83. The fourth-order valence-electron chi connectivity index (χ4n) is 1.31. The maximum atomic E-state index is 11.2. The van der Waals surface area contributed by atoms with Crippen molar-refractivity contribution in [3.05, 3.63) is 18.2 Å². The summed E-state index contributed by atoms with van der Waals surface area (Å²) in [5.74, 6) is 0. The second-order valence-corrected chi connectivity index (χ2v) is 5.50. The van der Waals surface area contributed by atoms with Gasteiger partial charge in [0, 0.05) is 18.8 Å². The van der Waals surface area contributed by atoms with Gasteiger partial charge >= 0.3 is 0 Å². The third-order valence-corrected chi connectivity index (χ3v) is 3.47. The summed E-state index contributed by atoms with van der Waals surface area (Å²) in [5, 5.41) is 5.02. The van der Waals surface area contributed by atoms with Crippen LogP contribution in [0, 0.1) is 0 Å². The Labute approximate surface area is 96.1 Å². The van der Waals surface area contributed by atoms with Gasteiger partial charge in [0.05, 0.1) is 5.69 Å². The van der Waals surface area contributed by atoms with Crippen molar-refractivity contribution in [1.82, 2.24) is 0 Å². The van der Waals surface area contributed by atoms with E-state index >= 15 is 0 Å². The monoisotopic (exact) mass is 243 g/mol. The zero-order chi connectivity index (χ0) is 12.5. The van der Waals surface area contributed by atoms with Gasteiger partial charge in [0.25, 0.3) is 0 Å². The molecule has 5 nitrogen and oxygen atoms in total. The number of rotatable bonds is 3. The second kappa shape index (κ2) is 4.31. The highest BCUT2D eigenvalue weighted by atomic mass is 32.2. The first kappa shape index (κ1) is 12.8. The van der Waals surface area contributed by atoms with E-state index in [4.69, 9.17) is 10.9 Å². The molecule has 0 radical (unpaired) electrons. The number of nitrogen functional groups attached to an aromatic ring is 1. The molecular formula is C10H17N3O2S. The minimum Gasteiger partial charge on any atom is -0.398 e. The van der Waals surface area contributed by atoms with Crippen LogP contribution in [0.2, 0.25) is 0 Å². The molecular weight excluding hydrogens is 226 g/mol. The van der Waals surface area contributed by atoms with E-state index in [9.17, 15) is 8.42 Å². The van der Waals surface area contributed by atoms with Crippen molar-refractivity contribution in [2.24, 2.45) is 5.14 Å². The number of nitrogens with two attached hydrogens (primary N) is 2. The van der Waals surface area contributed by atoms with Crippen LogP contribution in [0.4, 0.5) is 11.4 Å². The van der Waals surface area contributed by atoms with E-state index in [1.807, 2.05) is 25.8 Å². The molecule has 6 heteroatoms. The van der Waals surface area contributed by atoms with E-state index in [1.54, 1.807) is 12.1 Å². The third-order valence-electron chi connectivity index (χ3n) is 2.48. The van der Waals surface area contributed by atoms with Gasteiger partial charge in [-0.25, -0.2) is 13.6 Å². The van der Waals surface area contributed by atoms with Gasteiger partial charge in [-0.15, -0.1) is 0 Å². The van der Waals surface area contributed by atoms with Crippen LogP contribution in [0.25, 0.3) is 0 Å². The average Bonchev–Trinajstić information content (AvgIpc) is 2.14. The lowest BCUT2D eigenvalue weighted by Gasteiger charge is -2.24. The van der Waals surface area contributed by atoms with Crippen LogP contribution < -0.4 is 15.8 Å². The normalized spacial score (nSPS) is 11.8. The number of sulfonamides is 1. The smallest absolute Gasteiger partial charge is 0.240 e. The minimum atomic E-state index is -3.74. The second-order valence-electron chi connectivity index (χ2n) is 3.97. The van der Waals surface area contributed by atoms with Gasteiger partial charge in [0.1, 0.15) is 4.90 Å². The minimum absolute atomic E-state index is 0.0339. The van der Waals surface area contributed by atoms with Crippen molar-refractivity contribution in [3.8, 4) is 0 Å². The lowest BCUT2D eigenvalue weighted by molar-refractivity contribution is 0.598. The van der Waals surface area contributed by atoms with Gasteiger partial charge in [-0.05, 0) is 32.0 Å². The first-order chi connectivity index (χ1) is 7.23. The molecule has 0 amide bonds. The molecule has 0 aliphatic heterocycles. The van der Waals surface area contributed by atoms with Crippen LogP contribution in [0.1, 0.15) is 13.8 Å². The van der Waals surface area contributed by atoms with Gasteiger partial charge in [-0.2, -0.15) is 0 Å². The van der Waals surface area contributed by atoms with Crippen molar-refractivity contribution in [1.29, 1.82) is 0 Å². The first-order valence-corrected chi connectivity index (χ1v) is 6.43. The number of primary sulfonamides is 1. The molecule has 0 atom stereocenters. The Kier molecular flexibility index (Phi) is 3.44. The van der Waals surface area contributed by atoms with Crippen molar-refractivity contribution in [2.75, 3.05) is 17.7 Å². The molecule has 16 heavy (non-hydrogen) atoms. The predicted molar refractivity (Wildman–Crippen MR) is 65.8 cm³/mol. The Morgan fingerprint density at radius 3 is 2.25 bits per heavy atom. The van der Waals surface area contributed by atoms with E-state index in [2.05, 4.69) is 0 Å². The summed E-state index contributed by atoms with van der Waals surface area (Å²) < 4.78 is 22.3. The Bertz CT molecular complexity index is 483. The molecule has 0 aliphatic rings. The van der Waals surface area contributed by atoms with Gasteiger partial charge in [0.2, 0.25) is 10.0 Å². The van der Waals surface area contributed by atoms with Crippen LogP contribution >= 0.6 is 0 Å². The van der Waals surface area contributed by atoms with Crippen LogP contribution in [-0.2, 0) is 10.0 Å². The molecule has 1 aromatic carbocycles. The van der Waals surface area contributed by atoms with E-state index in [-0.39, 0.29) is 10.6 Å². The van der Waals surface area contributed by atoms with Gasteiger partial charge in [-0.3, -0.25) is 0 Å². The molecule has 0 aromatic heterocycles. The summed E-state index contributed by atoms with van der Waals surface area (Å²) in [4.78, 5) is 1.96. The molecule has 0 bridgehead atoms. The SMILES string of the molecule is CC(C)N(C)c1ccc(S(N)(=O)=O)c(N)c1. The summed E-state index contributed by atoms with van der Waals surface area (Å²) in [5.41, 5.74) is 6.69. The molecule has 0 saturated heterocycles. The highest BCUT2D eigenvalue weighted by Gasteiger charge is 2.14.